The van der Waals surface area contributed by atoms with Gasteiger partial charge in [-0.05, 0) is 178 Å². The first-order valence-corrected chi connectivity index (χ1v) is 29.3. The van der Waals surface area contributed by atoms with Crippen LogP contribution >= 0.6 is 11.6 Å². The van der Waals surface area contributed by atoms with Crippen LogP contribution in [-0.2, 0) is 42.6 Å². The second kappa shape index (κ2) is 27.6. The van der Waals surface area contributed by atoms with Crippen molar-refractivity contribution in [2.24, 2.45) is 0 Å². The largest absolute Gasteiger partial charge is 0.456 e. The van der Waals surface area contributed by atoms with E-state index in [1.54, 1.807) is 48.5 Å². The summed E-state index contributed by atoms with van der Waals surface area (Å²) in [7, 11) is 0. The van der Waals surface area contributed by atoms with Gasteiger partial charge in [0.2, 0.25) is 25.2 Å². The molecule has 6 heterocycles. The molecular weight excluding hydrogens is 1080 g/mol. The summed E-state index contributed by atoms with van der Waals surface area (Å²) in [5, 5.41) is 0.648. The zero-order valence-electron chi connectivity index (χ0n) is 46.2. The Balaban J connectivity index is 0.863. The molecule has 0 bridgehead atoms. The Hall–Kier alpha value is -7.72. The minimum Gasteiger partial charge on any atom is -0.456 e. The third-order valence-electron chi connectivity index (χ3n) is 15.2. The fourth-order valence-electron chi connectivity index (χ4n) is 10.5. The number of benzene rings is 4. The minimum absolute atomic E-state index is 0.398. The molecule has 0 N–H and O–H groups in total. The maximum atomic E-state index is 13.1. The first kappa shape index (κ1) is 57.1. The third-order valence-corrected chi connectivity index (χ3v) is 15.7. The van der Waals surface area contributed by atoms with Gasteiger partial charge in [-0.15, -0.1) is 0 Å². The molecule has 5 aliphatic heterocycles. The van der Waals surface area contributed by atoms with Gasteiger partial charge in [-0.3, -0.25) is 0 Å². The fourth-order valence-corrected chi connectivity index (χ4v) is 10.8. The van der Waals surface area contributed by atoms with Gasteiger partial charge < -0.3 is 42.6 Å². The maximum absolute atomic E-state index is 13.1. The minimum atomic E-state index is -0.554. The number of esters is 4. The SMILES string of the molecule is O=C(OC1CCCCO1)c1ccc(C2=CC(=C/C=C3\CCCC(/C=C/c4cc(-c5ccc(C(=O)OC6CCCCO6)cc5)[o+]c(-c5ccc(C(=O)OC6CCCCO6)cc5)c4)=C3Cl)C=C(c3ccc(C(=O)OC4CCCCO4)cc3)O2)cc1. The molecule has 6 aliphatic rings. The van der Waals surface area contributed by atoms with Gasteiger partial charge in [0.05, 0.1) is 71.9 Å². The van der Waals surface area contributed by atoms with Crippen molar-refractivity contribution >= 4 is 53.1 Å². The number of hydrogen-bond acceptors (Lipinski definition) is 13. The second-order valence-corrected chi connectivity index (χ2v) is 21.6. The Morgan fingerprint density at radius 1 is 0.446 bits per heavy atom. The zero-order valence-corrected chi connectivity index (χ0v) is 47.0. The van der Waals surface area contributed by atoms with Crippen molar-refractivity contribution in [2.45, 2.75) is 121 Å². The molecule has 5 aromatic rings. The van der Waals surface area contributed by atoms with Crippen LogP contribution in [0.2, 0.25) is 0 Å². The summed E-state index contributed by atoms with van der Waals surface area (Å²) in [6.07, 6.45) is 22.4. The molecular formula is C68H66ClO14+. The van der Waals surface area contributed by atoms with Crippen molar-refractivity contribution in [3.63, 3.8) is 0 Å². The summed E-state index contributed by atoms with van der Waals surface area (Å²) >= 11 is 7.32. The van der Waals surface area contributed by atoms with Crippen LogP contribution in [0.1, 0.15) is 154 Å². The number of carbonyl (C=O) groups excluding carboxylic acids is 4. The van der Waals surface area contributed by atoms with Gasteiger partial charge in [-0.25, -0.2) is 23.6 Å². The lowest BCUT2D eigenvalue weighted by atomic mass is 9.93. The Labute approximate surface area is 487 Å². The van der Waals surface area contributed by atoms with E-state index in [-0.39, 0.29) is 0 Å². The molecule has 14 nitrogen and oxygen atoms in total. The molecule has 0 spiro atoms. The Morgan fingerprint density at radius 3 is 1.18 bits per heavy atom. The topological polar surface area (TPSA) is 163 Å². The summed E-state index contributed by atoms with van der Waals surface area (Å²) in [6.45, 7) is 2.27. The third kappa shape index (κ3) is 15.1. The van der Waals surface area contributed by atoms with E-state index in [1.807, 2.05) is 97.1 Å². The van der Waals surface area contributed by atoms with Crippen molar-refractivity contribution in [1.29, 1.82) is 0 Å². The van der Waals surface area contributed by atoms with Crippen molar-refractivity contribution in [2.75, 3.05) is 26.4 Å². The summed E-state index contributed by atoms with van der Waals surface area (Å²) in [5.41, 5.74) is 8.12. The number of halogens is 1. The molecule has 4 fully saturated rings. The van der Waals surface area contributed by atoms with Crippen LogP contribution in [0.3, 0.4) is 0 Å². The van der Waals surface area contributed by atoms with Gasteiger partial charge in [-0.1, -0.05) is 60.2 Å². The van der Waals surface area contributed by atoms with Crippen LogP contribution in [-0.4, -0.2) is 75.5 Å². The summed E-state index contributed by atoms with van der Waals surface area (Å²) in [6, 6.07) is 32.2. The summed E-state index contributed by atoms with van der Waals surface area (Å²) in [4.78, 5) is 52.4. The van der Waals surface area contributed by atoms with Gasteiger partial charge in [0.15, 0.2) is 0 Å². The number of rotatable bonds is 15. The lowest BCUT2D eigenvalue weighted by Gasteiger charge is -2.22. The van der Waals surface area contributed by atoms with Crippen molar-refractivity contribution < 1.29 is 66.2 Å². The second-order valence-electron chi connectivity index (χ2n) is 21.2. The first-order chi connectivity index (χ1) is 40.6. The quantitative estimate of drug-likeness (QED) is 0.0553. The van der Waals surface area contributed by atoms with E-state index in [4.69, 9.17) is 58.6 Å². The summed E-state index contributed by atoms with van der Waals surface area (Å²) < 4.78 is 58.3. The first-order valence-electron chi connectivity index (χ1n) is 28.9. The van der Waals surface area contributed by atoms with E-state index < -0.39 is 49.0 Å². The van der Waals surface area contributed by atoms with E-state index in [9.17, 15) is 19.2 Å². The highest BCUT2D eigenvalue weighted by Crippen LogP contribution is 2.37. The Morgan fingerprint density at radius 2 is 0.819 bits per heavy atom. The predicted octanol–water partition coefficient (Wildman–Crippen LogP) is 15.3. The lowest BCUT2D eigenvalue weighted by Crippen LogP contribution is -2.25. The number of hydrogen-bond donors (Lipinski definition) is 0. The molecule has 1 aromatic heterocycles. The average molecular weight is 1140 g/mol. The van der Waals surface area contributed by atoms with Gasteiger partial charge in [-0.2, -0.15) is 0 Å². The number of carbonyl (C=O) groups is 4. The Kier molecular flexibility index (Phi) is 19.0. The molecule has 0 saturated carbocycles. The predicted molar refractivity (Wildman–Crippen MR) is 312 cm³/mol. The molecule has 4 aromatic carbocycles. The van der Waals surface area contributed by atoms with Crippen LogP contribution < -0.4 is 0 Å². The summed E-state index contributed by atoms with van der Waals surface area (Å²) in [5.74, 6) is 0.387. The highest BCUT2D eigenvalue weighted by molar-refractivity contribution is 6.32. The molecule has 0 amide bonds. The zero-order chi connectivity index (χ0) is 56.9. The van der Waals surface area contributed by atoms with Crippen LogP contribution in [0.25, 0.3) is 40.2 Å². The number of allylic oxidation sites excluding steroid dienone is 9. The molecule has 4 saturated heterocycles. The fraction of sp³-hybridized carbons (Fsp3) is 0.338. The van der Waals surface area contributed by atoms with E-state index in [0.717, 1.165) is 115 Å². The van der Waals surface area contributed by atoms with Crippen LogP contribution in [0.15, 0.2) is 166 Å². The normalized spacial score (nSPS) is 21.7. The van der Waals surface area contributed by atoms with E-state index >= 15 is 0 Å². The van der Waals surface area contributed by atoms with Crippen LogP contribution in [0, 0.1) is 0 Å². The monoisotopic (exact) mass is 1140 g/mol. The van der Waals surface area contributed by atoms with Crippen molar-refractivity contribution in [3.05, 3.63) is 200 Å². The standard InChI is InChI=1S/C68H66ClO14/c69-64-50(18-16-44-40-56(46-20-28-52(29-21-46)65(70)80-60-12-1-5-36-74-60)78-57(41-44)47-22-30-53(31-23-47)66(71)81-61-13-2-6-37-75-61)10-9-11-51(64)19-17-45-42-58(48-24-32-54(33-25-48)67(72)82-62-14-3-7-38-76-62)79-59(43-45)49-26-34-55(35-27-49)68(73)83-63-15-4-8-39-77-63/h16-35,40-43,60-63H,1-15,36-39H2/q+1. The smallest absolute Gasteiger partial charge is 0.361 e. The van der Waals surface area contributed by atoms with Crippen LogP contribution in [0.4, 0.5) is 0 Å². The molecule has 15 heteroatoms. The van der Waals surface area contributed by atoms with E-state index in [2.05, 4.69) is 0 Å². The molecule has 1 aliphatic carbocycles. The van der Waals surface area contributed by atoms with E-state index in [0.29, 0.717) is 102 Å². The molecule has 4 unspecified atom stereocenters. The van der Waals surface area contributed by atoms with Gasteiger partial charge in [0.25, 0.3) is 0 Å². The highest BCUT2D eigenvalue weighted by atomic mass is 35.5. The van der Waals surface area contributed by atoms with Crippen molar-refractivity contribution in [3.8, 4) is 22.6 Å². The van der Waals surface area contributed by atoms with Gasteiger partial charge in [0.1, 0.15) is 11.5 Å². The molecule has 0 radical (unpaired) electrons. The Bertz CT molecular complexity index is 3140. The van der Waals surface area contributed by atoms with Crippen LogP contribution in [0.5, 0.6) is 0 Å². The van der Waals surface area contributed by atoms with Gasteiger partial charge in [0, 0.05) is 41.8 Å². The maximum Gasteiger partial charge on any atom is 0.361 e. The highest BCUT2D eigenvalue weighted by Gasteiger charge is 2.27. The average Bonchev–Trinajstić information content (AvgIpc) is 3.73. The van der Waals surface area contributed by atoms with Gasteiger partial charge >= 0.3 is 35.4 Å². The van der Waals surface area contributed by atoms with E-state index in [1.165, 1.54) is 0 Å². The lowest BCUT2D eigenvalue weighted by molar-refractivity contribution is -0.131. The number of ether oxygens (including phenoxy) is 9. The van der Waals surface area contributed by atoms with Crippen molar-refractivity contribution in [1.82, 2.24) is 0 Å². The molecule has 428 valence electrons. The molecule has 83 heavy (non-hydrogen) atoms. The molecule has 11 rings (SSSR count). The molecule has 4 atom stereocenters.